The topological polar surface area (TPSA) is 38.3 Å². The van der Waals surface area contributed by atoms with Crippen LogP contribution in [0, 0.1) is 6.92 Å². The van der Waals surface area contributed by atoms with E-state index in [4.69, 9.17) is 4.74 Å². The monoisotopic (exact) mass is 311 g/mol. The SMILES string of the molecule is Cc1cc(Br)cc(C(=O)NC(C)C2CCCO2)c1. The molecule has 0 saturated carbocycles. The third kappa shape index (κ3) is 3.33. The first-order chi connectivity index (χ1) is 8.56. The molecule has 1 aliphatic heterocycles. The second-order valence-electron chi connectivity index (χ2n) is 4.83. The van der Waals surface area contributed by atoms with Crippen LogP contribution in [0.25, 0.3) is 0 Å². The fourth-order valence-electron chi connectivity index (χ4n) is 2.25. The Kier molecular flexibility index (Phi) is 4.40. The van der Waals surface area contributed by atoms with Gasteiger partial charge in [0.25, 0.3) is 5.91 Å². The fraction of sp³-hybridized carbons (Fsp3) is 0.500. The third-order valence-corrected chi connectivity index (χ3v) is 3.64. The molecular weight excluding hydrogens is 294 g/mol. The Morgan fingerprint density at radius 3 is 2.89 bits per heavy atom. The molecule has 18 heavy (non-hydrogen) atoms. The van der Waals surface area contributed by atoms with Crippen molar-refractivity contribution in [2.75, 3.05) is 6.61 Å². The van der Waals surface area contributed by atoms with E-state index in [1.54, 1.807) is 0 Å². The molecule has 0 aromatic heterocycles. The Bertz CT molecular complexity index is 421. The van der Waals surface area contributed by atoms with Gasteiger partial charge in [0, 0.05) is 16.6 Å². The predicted octanol–water partition coefficient (Wildman–Crippen LogP) is 3.05. The van der Waals surface area contributed by atoms with Crippen molar-refractivity contribution in [3.8, 4) is 0 Å². The second kappa shape index (κ2) is 5.85. The molecule has 0 bridgehead atoms. The number of hydrogen-bond donors (Lipinski definition) is 1. The Hall–Kier alpha value is -0.870. The van der Waals surface area contributed by atoms with Crippen LogP contribution in [0.15, 0.2) is 22.7 Å². The van der Waals surface area contributed by atoms with Crippen LogP contribution in [0.5, 0.6) is 0 Å². The lowest BCUT2D eigenvalue weighted by Gasteiger charge is -2.20. The van der Waals surface area contributed by atoms with Crippen molar-refractivity contribution in [3.63, 3.8) is 0 Å². The Morgan fingerprint density at radius 1 is 1.50 bits per heavy atom. The van der Waals surface area contributed by atoms with Gasteiger partial charge in [0.1, 0.15) is 0 Å². The highest BCUT2D eigenvalue weighted by molar-refractivity contribution is 9.10. The maximum absolute atomic E-state index is 12.1. The van der Waals surface area contributed by atoms with Gasteiger partial charge < -0.3 is 10.1 Å². The largest absolute Gasteiger partial charge is 0.376 e. The van der Waals surface area contributed by atoms with Gasteiger partial charge in [-0.2, -0.15) is 0 Å². The van der Waals surface area contributed by atoms with Crippen molar-refractivity contribution in [1.82, 2.24) is 5.32 Å². The first-order valence-electron chi connectivity index (χ1n) is 6.26. The van der Waals surface area contributed by atoms with E-state index in [0.717, 1.165) is 29.5 Å². The van der Waals surface area contributed by atoms with Gasteiger partial charge in [-0.1, -0.05) is 15.9 Å². The first-order valence-corrected chi connectivity index (χ1v) is 7.05. The van der Waals surface area contributed by atoms with Crippen molar-refractivity contribution in [3.05, 3.63) is 33.8 Å². The van der Waals surface area contributed by atoms with E-state index in [-0.39, 0.29) is 18.1 Å². The van der Waals surface area contributed by atoms with E-state index < -0.39 is 0 Å². The van der Waals surface area contributed by atoms with E-state index in [9.17, 15) is 4.79 Å². The lowest BCUT2D eigenvalue weighted by molar-refractivity contribution is 0.0712. The minimum atomic E-state index is -0.0394. The molecule has 1 aliphatic rings. The quantitative estimate of drug-likeness (QED) is 0.931. The molecule has 0 spiro atoms. The summed E-state index contributed by atoms with van der Waals surface area (Å²) in [4.78, 5) is 12.1. The highest BCUT2D eigenvalue weighted by Crippen LogP contribution is 2.18. The zero-order valence-electron chi connectivity index (χ0n) is 10.7. The smallest absolute Gasteiger partial charge is 0.251 e. The summed E-state index contributed by atoms with van der Waals surface area (Å²) in [5.41, 5.74) is 1.76. The summed E-state index contributed by atoms with van der Waals surface area (Å²) in [5, 5.41) is 3.01. The molecule has 1 aromatic carbocycles. The number of carbonyl (C=O) groups is 1. The Labute approximate surface area is 116 Å². The van der Waals surface area contributed by atoms with Crippen LogP contribution in [0.4, 0.5) is 0 Å². The standard InChI is InChI=1S/C14H18BrNO2/c1-9-6-11(8-12(15)7-9)14(17)16-10(2)13-4-3-5-18-13/h6-8,10,13H,3-5H2,1-2H3,(H,16,17). The number of hydrogen-bond acceptors (Lipinski definition) is 2. The van der Waals surface area contributed by atoms with Gasteiger partial charge in [0.05, 0.1) is 12.1 Å². The first kappa shape index (κ1) is 13.6. The zero-order chi connectivity index (χ0) is 13.1. The maximum atomic E-state index is 12.1. The van der Waals surface area contributed by atoms with Gasteiger partial charge >= 0.3 is 0 Å². The van der Waals surface area contributed by atoms with Gasteiger partial charge in [-0.05, 0) is 50.5 Å². The van der Waals surface area contributed by atoms with Crippen LogP contribution < -0.4 is 5.32 Å². The van der Waals surface area contributed by atoms with Gasteiger partial charge in [0.2, 0.25) is 0 Å². The Balaban J connectivity index is 2.02. The molecule has 3 nitrogen and oxygen atoms in total. The molecule has 2 unspecified atom stereocenters. The van der Waals surface area contributed by atoms with Crippen molar-refractivity contribution >= 4 is 21.8 Å². The van der Waals surface area contributed by atoms with Crippen LogP contribution in [0.2, 0.25) is 0 Å². The molecule has 1 heterocycles. The number of halogens is 1. The molecule has 1 N–H and O–H groups in total. The zero-order valence-corrected chi connectivity index (χ0v) is 12.3. The molecule has 2 rings (SSSR count). The van der Waals surface area contributed by atoms with E-state index in [0.29, 0.717) is 5.56 Å². The van der Waals surface area contributed by atoms with Gasteiger partial charge in [-0.3, -0.25) is 4.79 Å². The van der Waals surface area contributed by atoms with Crippen LogP contribution in [0.1, 0.15) is 35.7 Å². The molecule has 4 heteroatoms. The van der Waals surface area contributed by atoms with E-state index in [1.165, 1.54) is 0 Å². The lowest BCUT2D eigenvalue weighted by Crippen LogP contribution is -2.40. The van der Waals surface area contributed by atoms with Crippen LogP contribution >= 0.6 is 15.9 Å². The molecule has 2 atom stereocenters. The molecule has 1 aromatic rings. The summed E-state index contributed by atoms with van der Waals surface area (Å²) < 4.78 is 6.50. The van der Waals surface area contributed by atoms with E-state index in [2.05, 4.69) is 21.2 Å². The van der Waals surface area contributed by atoms with Crippen LogP contribution in [-0.2, 0) is 4.74 Å². The maximum Gasteiger partial charge on any atom is 0.251 e. The van der Waals surface area contributed by atoms with Gasteiger partial charge in [-0.25, -0.2) is 0 Å². The summed E-state index contributed by atoms with van der Waals surface area (Å²) in [5.74, 6) is -0.0394. The van der Waals surface area contributed by atoms with Crippen molar-refractivity contribution in [2.45, 2.75) is 38.8 Å². The third-order valence-electron chi connectivity index (χ3n) is 3.19. The normalized spacial score (nSPS) is 20.7. The number of nitrogens with one attached hydrogen (secondary N) is 1. The number of aryl methyl sites for hydroxylation is 1. The highest BCUT2D eigenvalue weighted by Gasteiger charge is 2.24. The van der Waals surface area contributed by atoms with Crippen LogP contribution in [0.3, 0.4) is 0 Å². The summed E-state index contributed by atoms with van der Waals surface area (Å²) in [6.07, 6.45) is 2.27. The van der Waals surface area contributed by atoms with Gasteiger partial charge in [-0.15, -0.1) is 0 Å². The molecule has 0 aliphatic carbocycles. The molecule has 1 saturated heterocycles. The number of ether oxygens (including phenoxy) is 1. The number of benzene rings is 1. The molecule has 1 amide bonds. The Morgan fingerprint density at radius 2 is 2.28 bits per heavy atom. The van der Waals surface area contributed by atoms with Crippen molar-refractivity contribution in [2.24, 2.45) is 0 Å². The molecular formula is C14H18BrNO2. The minimum Gasteiger partial charge on any atom is -0.376 e. The number of amides is 1. The average molecular weight is 312 g/mol. The predicted molar refractivity (Wildman–Crippen MR) is 74.8 cm³/mol. The molecule has 0 radical (unpaired) electrons. The minimum absolute atomic E-state index is 0.0394. The average Bonchev–Trinajstić information content (AvgIpc) is 2.80. The highest BCUT2D eigenvalue weighted by atomic mass is 79.9. The summed E-state index contributed by atoms with van der Waals surface area (Å²) in [7, 11) is 0. The fourth-order valence-corrected chi connectivity index (χ4v) is 2.86. The van der Waals surface area contributed by atoms with Crippen molar-refractivity contribution in [1.29, 1.82) is 0 Å². The molecule has 1 fully saturated rings. The lowest BCUT2D eigenvalue weighted by atomic mass is 10.1. The van der Waals surface area contributed by atoms with Crippen LogP contribution in [-0.4, -0.2) is 24.7 Å². The molecule has 98 valence electrons. The summed E-state index contributed by atoms with van der Waals surface area (Å²) >= 11 is 3.41. The number of rotatable bonds is 3. The van der Waals surface area contributed by atoms with E-state index in [1.807, 2.05) is 32.0 Å². The van der Waals surface area contributed by atoms with Crippen molar-refractivity contribution < 1.29 is 9.53 Å². The van der Waals surface area contributed by atoms with Gasteiger partial charge in [0.15, 0.2) is 0 Å². The summed E-state index contributed by atoms with van der Waals surface area (Å²) in [6.45, 7) is 4.78. The van der Waals surface area contributed by atoms with E-state index >= 15 is 0 Å². The second-order valence-corrected chi connectivity index (χ2v) is 5.75. The number of carbonyl (C=O) groups excluding carboxylic acids is 1. The summed E-state index contributed by atoms with van der Waals surface area (Å²) in [6, 6.07) is 5.77.